The Kier molecular flexibility index (Phi) is 5.79. The van der Waals surface area contributed by atoms with E-state index in [1.807, 2.05) is 13.8 Å². The minimum absolute atomic E-state index is 0.379. The van der Waals surface area contributed by atoms with Gasteiger partial charge in [-0.1, -0.05) is 13.8 Å². The van der Waals surface area contributed by atoms with Gasteiger partial charge in [0, 0.05) is 20.6 Å². The Labute approximate surface area is 90.8 Å². The second-order valence-electron chi connectivity index (χ2n) is 4.15. The first-order valence-electron chi connectivity index (χ1n) is 4.84. The van der Waals surface area contributed by atoms with Crippen LogP contribution in [0.25, 0.3) is 0 Å². The fourth-order valence-electron chi connectivity index (χ4n) is 1.66. The van der Waals surface area contributed by atoms with E-state index in [4.69, 9.17) is 14.6 Å². The number of aliphatic carboxylic acids is 1. The lowest BCUT2D eigenvalue weighted by Crippen LogP contribution is -2.47. The minimum Gasteiger partial charge on any atom is -0.480 e. The van der Waals surface area contributed by atoms with Crippen LogP contribution in [0, 0.1) is 5.41 Å². The lowest BCUT2D eigenvalue weighted by Gasteiger charge is -2.33. The van der Waals surface area contributed by atoms with E-state index in [1.54, 1.807) is 21.3 Å². The molecule has 0 radical (unpaired) electrons. The zero-order valence-corrected chi connectivity index (χ0v) is 10.0. The van der Waals surface area contributed by atoms with E-state index in [-0.39, 0.29) is 6.29 Å². The van der Waals surface area contributed by atoms with Gasteiger partial charge in [0.15, 0.2) is 6.29 Å². The lowest BCUT2D eigenvalue weighted by molar-refractivity contribution is -0.149. The van der Waals surface area contributed by atoms with Crippen molar-refractivity contribution >= 4 is 5.97 Å². The van der Waals surface area contributed by atoms with Crippen LogP contribution < -0.4 is 5.32 Å². The van der Waals surface area contributed by atoms with E-state index in [0.29, 0.717) is 6.42 Å². The molecular formula is C10H21NO4. The van der Waals surface area contributed by atoms with Gasteiger partial charge in [0.2, 0.25) is 0 Å². The van der Waals surface area contributed by atoms with Crippen LogP contribution in [0.3, 0.4) is 0 Å². The van der Waals surface area contributed by atoms with Crippen LogP contribution in [0.2, 0.25) is 0 Å². The highest BCUT2D eigenvalue weighted by molar-refractivity contribution is 5.74. The van der Waals surface area contributed by atoms with Gasteiger partial charge in [-0.15, -0.1) is 0 Å². The van der Waals surface area contributed by atoms with Crippen LogP contribution in [0.1, 0.15) is 20.3 Å². The van der Waals surface area contributed by atoms with Crippen molar-refractivity contribution in [3.05, 3.63) is 0 Å². The average Bonchev–Trinajstić information content (AvgIpc) is 2.14. The van der Waals surface area contributed by atoms with Crippen molar-refractivity contribution in [3.8, 4) is 0 Å². The van der Waals surface area contributed by atoms with Gasteiger partial charge in [0.25, 0.3) is 0 Å². The molecule has 0 spiro atoms. The van der Waals surface area contributed by atoms with Crippen molar-refractivity contribution in [2.45, 2.75) is 32.6 Å². The maximum atomic E-state index is 11.0. The Morgan fingerprint density at radius 3 is 2.13 bits per heavy atom. The van der Waals surface area contributed by atoms with Crippen LogP contribution >= 0.6 is 0 Å². The molecule has 2 N–H and O–H groups in total. The van der Waals surface area contributed by atoms with Crippen molar-refractivity contribution < 1.29 is 19.4 Å². The normalized spacial score (nSPS) is 14.3. The predicted molar refractivity (Wildman–Crippen MR) is 56.7 cm³/mol. The number of carbonyl (C=O) groups is 1. The first-order valence-corrected chi connectivity index (χ1v) is 4.84. The summed E-state index contributed by atoms with van der Waals surface area (Å²) in [5, 5.41) is 11.8. The molecule has 0 saturated carbocycles. The summed E-state index contributed by atoms with van der Waals surface area (Å²) in [6.07, 6.45) is 0.132. The average molecular weight is 219 g/mol. The summed E-state index contributed by atoms with van der Waals surface area (Å²) in [6.45, 7) is 3.74. The number of likely N-dealkylation sites (N-methyl/N-ethyl adjacent to an activating group) is 1. The number of carboxylic acid groups (broad SMARTS) is 1. The molecule has 0 aromatic rings. The molecule has 0 fully saturated rings. The summed E-state index contributed by atoms with van der Waals surface area (Å²) >= 11 is 0. The van der Waals surface area contributed by atoms with Gasteiger partial charge in [-0.25, -0.2) is 0 Å². The maximum Gasteiger partial charge on any atom is 0.321 e. The van der Waals surface area contributed by atoms with Crippen LogP contribution in [-0.2, 0) is 14.3 Å². The van der Waals surface area contributed by atoms with E-state index < -0.39 is 17.4 Å². The molecule has 1 unspecified atom stereocenters. The van der Waals surface area contributed by atoms with Crippen molar-refractivity contribution in [1.82, 2.24) is 5.32 Å². The maximum absolute atomic E-state index is 11.0. The fraction of sp³-hybridized carbons (Fsp3) is 0.900. The molecule has 90 valence electrons. The number of ether oxygens (including phenoxy) is 2. The molecule has 5 heteroatoms. The minimum atomic E-state index is -0.867. The fourth-order valence-corrected chi connectivity index (χ4v) is 1.66. The molecule has 0 heterocycles. The molecule has 0 aliphatic carbocycles. The Morgan fingerprint density at radius 1 is 1.40 bits per heavy atom. The summed E-state index contributed by atoms with van der Waals surface area (Å²) < 4.78 is 10.1. The van der Waals surface area contributed by atoms with Crippen molar-refractivity contribution in [2.75, 3.05) is 21.3 Å². The molecule has 0 aromatic heterocycles. The molecule has 0 rings (SSSR count). The summed E-state index contributed by atoms with van der Waals surface area (Å²) in [4.78, 5) is 11.0. The zero-order chi connectivity index (χ0) is 12.1. The topological polar surface area (TPSA) is 67.8 Å². The molecule has 0 aromatic carbocycles. The molecular weight excluding hydrogens is 198 g/mol. The Morgan fingerprint density at radius 2 is 1.87 bits per heavy atom. The molecule has 0 saturated heterocycles. The first kappa shape index (κ1) is 14.3. The van der Waals surface area contributed by atoms with E-state index in [9.17, 15) is 4.79 Å². The van der Waals surface area contributed by atoms with E-state index >= 15 is 0 Å². The van der Waals surface area contributed by atoms with Gasteiger partial charge >= 0.3 is 5.97 Å². The van der Waals surface area contributed by atoms with Crippen molar-refractivity contribution in [3.63, 3.8) is 0 Å². The summed E-state index contributed by atoms with van der Waals surface area (Å²) in [5.41, 5.74) is -0.447. The number of rotatable bonds is 7. The second-order valence-corrected chi connectivity index (χ2v) is 4.15. The van der Waals surface area contributed by atoms with Gasteiger partial charge in [-0.05, 0) is 12.5 Å². The number of carboxylic acids is 1. The highest BCUT2D eigenvalue weighted by Gasteiger charge is 2.36. The Bertz CT molecular complexity index is 202. The summed E-state index contributed by atoms with van der Waals surface area (Å²) in [6, 6.07) is -0.620. The van der Waals surface area contributed by atoms with Gasteiger partial charge in [-0.3, -0.25) is 4.79 Å². The van der Waals surface area contributed by atoms with E-state index in [1.165, 1.54) is 0 Å². The highest BCUT2D eigenvalue weighted by Crippen LogP contribution is 2.28. The second kappa shape index (κ2) is 6.05. The van der Waals surface area contributed by atoms with Crippen LogP contribution in [-0.4, -0.2) is 44.7 Å². The zero-order valence-electron chi connectivity index (χ0n) is 10.0. The van der Waals surface area contributed by atoms with Gasteiger partial charge in [0.1, 0.15) is 6.04 Å². The number of hydrogen-bond acceptors (Lipinski definition) is 4. The molecule has 0 aliphatic rings. The lowest BCUT2D eigenvalue weighted by atomic mass is 9.81. The smallest absolute Gasteiger partial charge is 0.321 e. The van der Waals surface area contributed by atoms with Crippen molar-refractivity contribution in [1.29, 1.82) is 0 Å². The standard InChI is InChI=1S/C10H21NO4/c1-10(2,6-7(14-4)15-5)8(11-3)9(12)13/h7-8,11H,6H2,1-5H3,(H,12,13). The third-order valence-corrected chi connectivity index (χ3v) is 2.54. The molecule has 0 bridgehead atoms. The number of hydrogen-bond donors (Lipinski definition) is 2. The molecule has 15 heavy (non-hydrogen) atoms. The largest absolute Gasteiger partial charge is 0.480 e. The molecule has 0 amide bonds. The first-order chi connectivity index (χ1) is 6.88. The Hall–Kier alpha value is -0.650. The predicted octanol–water partition coefficient (Wildman–Crippen LogP) is 0.694. The molecule has 1 atom stereocenters. The summed E-state index contributed by atoms with van der Waals surface area (Å²) in [7, 11) is 4.72. The SMILES string of the molecule is CNC(C(=O)O)C(C)(C)CC(OC)OC. The Balaban J connectivity index is 4.55. The monoisotopic (exact) mass is 219 g/mol. The van der Waals surface area contributed by atoms with Crippen LogP contribution in [0.4, 0.5) is 0 Å². The highest BCUT2D eigenvalue weighted by atomic mass is 16.7. The van der Waals surface area contributed by atoms with E-state index in [2.05, 4.69) is 5.32 Å². The van der Waals surface area contributed by atoms with Gasteiger partial charge in [0.05, 0.1) is 0 Å². The van der Waals surface area contributed by atoms with Crippen LogP contribution in [0.15, 0.2) is 0 Å². The van der Waals surface area contributed by atoms with Gasteiger partial charge in [-0.2, -0.15) is 0 Å². The van der Waals surface area contributed by atoms with Crippen molar-refractivity contribution in [2.24, 2.45) is 5.41 Å². The molecule has 5 nitrogen and oxygen atoms in total. The van der Waals surface area contributed by atoms with Crippen LogP contribution in [0.5, 0.6) is 0 Å². The van der Waals surface area contributed by atoms with Gasteiger partial charge < -0.3 is 19.9 Å². The number of nitrogens with one attached hydrogen (secondary N) is 1. The third kappa shape index (κ3) is 4.15. The van der Waals surface area contributed by atoms with E-state index in [0.717, 1.165) is 0 Å². The number of methoxy groups -OCH3 is 2. The third-order valence-electron chi connectivity index (χ3n) is 2.54. The quantitative estimate of drug-likeness (QED) is 0.617. The summed E-state index contributed by atoms with van der Waals surface area (Å²) in [5.74, 6) is -0.867. The molecule has 0 aliphatic heterocycles.